The molecule has 1 amide bonds. The smallest absolute Gasteiger partial charge is 0.349 e. The van der Waals surface area contributed by atoms with E-state index in [1.165, 1.54) is 22.7 Å². The van der Waals surface area contributed by atoms with Crippen LogP contribution in [0.5, 0.6) is 0 Å². The minimum absolute atomic E-state index is 0.377. The van der Waals surface area contributed by atoms with E-state index >= 15 is 0 Å². The van der Waals surface area contributed by atoms with Crippen LogP contribution in [0.2, 0.25) is 0 Å². The lowest BCUT2D eigenvalue weighted by Gasteiger charge is -2.14. The summed E-state index contributed by atoms with van der Waals surface area (Å²) in [5.74, 6) is -1.31. The first-order chi connectivity index (χ1) is 13.6. The minimum Gasteiger partial charge on any atom is -0.443 e. The molecule has 0 saturated carbocycles. The summed E-state index contributed by atoms with van der Waals surface area (Å²) >= 11 is 2.72. The van der Waals surface area contributed by atoms with Crippen molar-refractivity contribution in [3.8, 4) is 0 Å². The van der Waals surface area contributed by atoms with Crippen molar-refractivity contribution in [1.29, 1.82) is 0 Å². The van der Waals surface area contributed by atoms with Gasteiger partial charge in [0.2, 0.25) is 6.10 Å². The van der Waals surface area contributed by atoms with Gasteiger partial charge in [0.1, 0.15) is 8.89 Å². The van der Waals surface area contributed by atoms with Crippen LogP contribution in [0.4, 0.5) is 10.8 Å². The largest absolute Gasteiger partial charge is 0.443 e. The number of thiophene rings is 1. The second kappa shape index (κ2) is 7.79. The maximum atomic E-state index is 12.5. The van der Waals surface area contributed by atoms with Crippen LogP contribution in [-0.2, 0) is 9.53 Å². The van der Waals surface area contributed by atoms with E-state index in [-0.39, 0.29) is 0 Å². The van der Waals surface area contributed by atoms with E-state index in [4.69, 9.17) is 10.5 Å². The molecule has 0 bridgehead atoms. The van der Waals surface area contributed by atoms with Gasteiger partial charge in [0.05, 0.1) is 5.52 Å². The molecule has 0 aliphatic heterocycles. The zero-order valence-electron chi connectivity index (χ0n) is 14.5. The Labute approximate surface area is 168 Å². The van der Waals surface area contributed by atoms with Crippen molar-refractivity contribution < 1.29 is 14.3 Å². The molecular formula is C20H15N3O3S2. The molecule has 140 valence electrons. The Balaban J connectivity index is 1.51. The average Bonchev–Trinajstić information content (AvgIpc) is 3.26. The van der Waals surface area contributed by atoms with Gasteiger partial charge in [0.15, 0.2) is 5.13 Å². The summed E-state index contributed by atoms with van der Waals surface area (Å²) < 4.78 is 6.26. The Kier molecular flexibility index (Phi) is 5.05. The van der Waals surface area contributed by atoms with Crippen molar-refractivity contribution in [1.82, 2.24) is 4.98 Å². The lowest BCUT2D eigenvalue weighted by atomic mass is 10.1. The number of nitrogens with one attached hydrogen (secondary N) is 1. The van der Waals surface area contributed by atoms with Crippen molar-refractivity contribution >= 4 is 54.9 Å². The number of nitrogens with two attached hydrogens (primary N) is 1. The summed E-state index contributed by atoms with van der Waals surface area (Å²) in [5.41, 5.74) is 7.59. The van der Waals surface area contributed by atoms with Crippen LogP contribution in [0.1, 0.15) is 21.3 Å². The Hall–Kier alpha value is -3.23. The standard InChI is InChI=1S/C20H15N3O3S2/c21-17(24)16(12-7-3-1-4-8-12)26-18(25)15-11-14-19(27-15)28-20(23-14)22-13-9-5-2-6-10-13/h1-11,16H,(H2,21,24)(H,22,23). The first kappa shape index (κ1) is 18.1. The maximum absolute atomic E-state index is 12.5. The number of primary amides is 1. The van der Waals surface area contributed by atoms with Gasteiger partial charge in [-0.15, -0.1) is 11.3 Å². The molecule has 0 radical (unpaired) electrons. The van der Waals surface area contributed by atoms with Gasteiger partial charge >= 0.3 is 5.97 Å². The molecule has 0 aliphatic rings. The summed E-state index contributed by atoms with van der Waals surface area (Å²) in [6.07, 6.45) is -1.13. The van der Waals surface area contributed by atoms with Crippen molar-refractivity contribution in [3.05, 3.63) is 77.2 Å². The van der Waals surface area contributed by atoms with Crippen molar-refractivity contribution in [2.75, 3.05) is 5.32 Å². The summed E-state index contributed by atoms with van der Waals surface area (Å²) in [5, 5.41) is 3.98. The Morgan fingerprint density at radius 1 is 1.00 bits per heavy atom. The number of amides is 1. The number of anilines is 2. The minimum atomic E-state index is -1.13. The van der Waals surface area contributed by atoms with Gasteiger partial charge in [0, 0.05) is 11.3 Å². The molecule has 0 spiro atoms. The van der Waals surface area contributed by atoms with Gasteiger partial charge < -0.3 is 15.8 Å². The van der Waals surface area contributed by atoms with Gasteiger partial charge in [-0.1, -0.05) is 59.9 Å². The predicted octanol–water partition coefficient (Wildman–Crippen LogP) is 4.48. The highest BCUT2D eigenvalue weighted by Crippen LogP contribution is 2.35. The highest BCUT2D eigenvalue weighted by Gasteiger charge is 2.25. The molecular weight excluding hydrogens is 394 g/mol. The molecule has 8 heteroatoms. The van der Waals surface area contributed by atoms with Crippen molar-refractivity contribution in [2.45, 2.75) is 6.10 Å². The number of nitrogens with zero attached hydrogens (tertiary/aromatic N) is 1. The number of para-hydroxylation sites is 1. The Morgan fingerprint density at radius 3 is 2.32 bits per heavy atom. The number of esters is 1. The van der Waals surface area contributed by atoms with E-state index in [9.17, 15) is 9.59 Å². The first-order valence-electron chi connectivity index (χ1n) is 8.38. The number of benzene rings is 2. The fourth-order valence-electron chi connectivity index (χ4n) is 2.62. The Bertz CT molecular complexity index is 1090. The second-order valence-corrected chi connectivity index (χ2v) is 8.20. The average molecular weight is 409 g/mol. The number of aromatic nitrogens is 1. The zero-order chi connectivity index (χ0) is 19.5. The summed E-state index contributed by atoms with van der Waals surface area (Å²) in [7, 11) is 0. The van der Waals surface area contributed by atoms with E-state index in [1.807, 2.05) is 36.4 Å². The third-order valence-electron chi connectivity index (χ3n) is 3.90. The van der Waals surface area contributed by atoms with Gasteiger partial charge in [-0.05, 0) is 18.2 Å². The molecule has 0 aliphatic carbocycles. The van der Waals surface area contributed by atoms with Crippen LogP contribution in [0.3, 0.4) is 0 Å². The monoisotopic (exact) mass is 409 g/mol. The normalized spacial score (nSPS) is 11.9. The van der Waals surface area contributed by atoms with Crippen LogP contribution in [0.25, 0.3) is 9.53 Å². The van der Waals surface area contributed by atoms with Crippen molar-refractivity contribution in [3.63, 3.8) is 0 Å². The van der Waals surface area contributed by atoms with E-state index in [1.54, 1.807) is 30.3 Å². The summed E-state index contributed by atoms with van der Waals surface area (Å²) in [6.45, 7) is 0. The van der Waals surface area contributed by atoms with E-state index in [2.05, 4.69) is 10.3 Å². The van der Waals surface area contributed by atoms with Crippen LogP contribution in [0.15, 0.2) is 66.7 Å². The molecule has 2 aromatic carbocycles. The van der Waals surface area contributed by atoms with Crippen LogP contribution in [-0.4, -0.2) is 16.9 Å². The number of ether oxygens (including phenoxy) is 1. The molecule has 1 unspecified atom stereocenters. The van der Waals surface area contributed by atoms with Crippen LogP contribution < -0.4 is 11.1 Å². The molecule has 4 aromatic rings. The first-order valence-corrected chi connectivity index (χ1v) is 10.0. The molecule has 2 heterocycles. The molecule has 3 N–H and O–H groups in total. The number of rotatable bonds is 6. The quantitative estimate of drug-likeness (QED) is 0.458. The van der Waals surface area contributed by atoms with Crippen molar-refractivity contribution in [2.24, 2.45) is 5.73 Å². The molecule has 4 rings (SSSR count). The lowest BCUT2D eigenvalue weighted by Crippen LogP contribution is -2.26. The SMILES string of the molecule is NC(=O)C(OC(=O)c1cc2nc(Nc3ccccc3)sc2s1)c1ccccc1. The summed E-state index contributed by atoms with van der Waals surface area (Å²) in [6, 6.07) is 20.1. The molecule has 6 nitrogen and oxygen atoms in total. The fourth-order valence-corrected chi connectivity index (χ4v) is 4.70. The predicted molar refractivity (Wildman–Crippen MR) is 111 cm³/mol. The van der Waals surface area contributed by atoms with Crippen LogP contribution >= 0.6 is 22.7 Å². The number of carbonyl (C=O) groups excluding carboxylic acids is 2. The number of thiazole rings is 1. The topological polar surface area (TPSA) is 94.3 Å². The molecule has 1 atom stereocenters. The third-order valence-corrected chi connectivity index (χ3v) is 6.08. The highest BCUT2D eigenvalue weighted by molar-refractivity contribution is 7.40. The Morgan fingerprint density at radius 2 is 1.68 bits per heavy atom. The maximum Gasteiger partial charge on any atom is 0.349 e. The number of hydrogen-bond donors (Lipinski definition) is 2. The zero-order valence-corrected chi connectivity index (χ0v) is 16.1. The fraction of sp³-hybridized carbons (Fsp3) is 0.0500. The van der Waals surface area contributed by atoms with Gasteiger partial charge in [-0.25, -0.2) is 9.78 Å². The molecule has 0 saturated heterocycles. The van der Waals surface area contributed by atoms with E-state index < -0.39 is 18.0 Å². The summed E-state index contributed by atoms with van der Waals surface area (Å²) in [4.78, 5) is 29.1. The molecule has 2 aromatic heterocycles. The third kappa shape index (κ3) is 3.88. The number of carbonyl (C=O) groups is 2. The molecule has 0 fully saturated rings. The number of hydrogen-bond acceptors (Lipinski definition) is 7. The van der Waals surface area contributed by atoms with Crippen LogP contribution in [0, 0.1) is 0 Å². The highest BCUT2D eigenvalue weighted by atomic mass is 32.2. The van der Waals surface area contributed by atoms with E-state index in [0.29, 0.717) is 16.0 Å². The van der Waals surface area contributed by atoms with Gasteiger partial charge in [0.25, 0.3) is 5.91 Å². The number of fused-ring (bicyclic) bond motifs is 1. The van der Waals surface area contributed by atoms with E-state index in [0.717, 1.165) is 14.8 Å². The lowest BCUT2D eigenvalue weighted by molar-refractivity contribution is -0.127. The van der Waals surface area contributed by atoms with Gasteiger partial charge in [-0.3, -0.25) is 4.79 Å². The molecule has 28 heavy (non-hydrogen) atoms. The second-order valence-electron chi connectivity index (χ2n) is 5.89. The van der Waals surface area contributed by atoms with Gasteiger partial charge in [-0.2, -0.15) is 0 Å².